The van der Waals surface area contributed by atoms with Gasteiger partial charge in [0.2, 0.25) is 0 Å². The molecular formula is C11H17F6Na. The Morgan fingerprint density at radius 1 is 0.778 bits per heavy atom. The minimum absolute atomic E-state index is 0.105. The van der Waals surface area contributed by atoms with Crippen LogP contribution < -0.4 is 0 Å². The quantitative estimate of drug-likeness (QED) is 0.325. The first-order chi connectivity index (χ1) is 8.13. The first kappa shape index (κ1) is 18.6. The maximum atomic E-state index is 12.8. The minimum atomic E-state index is -4.10. The zero-order valence-corrected chi connectivity index (χ0v) is 12.5. The SMILES string of the molecule is FC(CCCCCCCCC(F)(F)F)[C](F)(F)[Na]. The van der Waals surface area contributed by atoms with Crippen LogP contribution in [0, 0.1) is 0 Å². The zero-order chi connectivity index (χ0) is 14.2. The molecule has 104 valence electrons. The van der Waals surface area contributed by atoms with Crippen molar-refractivity contribution in [1.82, 2.24) is 0 Å². The van der Waals surface area contributed by atoms with Crippen LogP contribution in [-0.4, -0.2) is 43.5 Å². The average Bonchev–Trinajstić information content (AvgIpc) is 2.18. The van der Waals surface area contributed by atoms with E-state index in [0.29, 0.717) is 32.1 Å². The van der Waals surface area contributed by atoms with Crippen molar-refractivity contribution in [2.75, 3.05) is 0 Å². The van der Waals surface area contributed by atoms with Crippen LogP contribution in [0.15, 0.2) is 0 Å². The van der Waals surface area contributed by atoms with E-state index in [0.717, 1.165) is 0 Å². The molecule has 0 aromatic carbocycles. The van der Waals surface area contributed by atoms with Gasteiger partial charge in [-0.3, -0.25) is 0 Å². The van der Waals surface area contributed by atoms with Crippen LogP contribution in [0.5, 0.6) is 0 Å². The van der Waals surface area contributed by atoms with Gasteiger partial charge in [0.05, 0.1) is 0 Å². The number of halogens is 6. The molecule has 0 aliphatic carbocycles. The van der Waals surface area contributed by atoms with Crippen molar-refractivity contribution < 1.29 is 26.3 Å². The van der Waals surface area contributed by atoms with Gasteiger partial charge < -0.3 is 0 Å². The summed E-state index contributed by atoms with van der Waals surface area (Å²) in [5.41, 5.74) is 0. The molecule has 0 radical (unpaired) electrons. The molecule has 0 amide bonds. The van der Waals surface area contributed by atoms with Gasteiger partial charge in [-0.1, -0.05) is 0 Å². The molecule has 0 aliphatic rings. The average molecular weight is 286 g/mol. The van der Waals surface area contributed by atoms with Gasteiger partial charge >= 0.3 is 121 Å². The molecule has 0 saturated carbocycles. The predicted molar refractivity (Wildman–Crippen MR) is 58.6 cm³/mol. The number of unbranched alkanes of at least 4 members (excludes halogenated alkanes) is 5. The van der Waals surface area contributed by atoms with Gasteiger partial charge in [-0.15, -0.1) is 0 Å². The van der Waals surface area contributed by atoms with Gasteiger partial charge in [0.25, 0.3) is 0 Å². The number of alkyl halides is 6. The zero-order valence-electron chi connectivity index (χ0n) is 10.5. The molecule has 7 heteroatoms. The molecule has 0 aromatic rings. The third-order valence-electron chi connectivity index (χ3n) is 2.72. The first-order valence-electron chi connectivity index (χ1n) is 6.21. The van der Waals surface area contributed by atoms with E-state index in [1.54, 1.807) is 0 Å². The normalized spacial score (nSPS) is 14.9. The molecule has 0 nitrogen and oxygen atoms in total. The van der Waals surface area contributed by atoms with E-state index < -0.39 is 49.9 Å². The van der Waals surface area contributed by atoms with E-state index in [1.165, 1.54) is 0 Å². The van der Waals surface area contributed by atoms with Crippen LogP contribution in [0.25, 0.3) is 0 Å². The van der Waals surface area contributed by atoms with E-state index in [-0.39, 0.29) is 12.8 Å². The van der Waals surface area contributed by atoms with Crippen LogP contribution >= 0.6 is 0 Å². The fraction of sp³-hybridized carbons (Fsp3) is 1.00. The third kappa shape index (κ3) is 11.7. The van der Waals surface area contributed by atoms with Crippen LogP contribution in [0.1, 0.15) is 51.4 Å². The van der Waals surface area contributed by atoms with Gasteiger partial charge in [-0.05, 0) is 0 Å². The first-order valence-corrected chi connectivity index (χ1v) is 7.21. The summed E-state index contributed by atoms with van der Waals surface area (Å²) in [5, 5.41) is 0. The maximum absolute atomic E-state index is 12.8. The summed E-state index contributed by atoms with van der Waals surface area (Å²) < 4.78 is 70.0. The number of hydrogen-bond donors (Lipinski definition) is 0. The summed E-state index contributed by atoms with van der Waals surface area (Å²) >= 11 is -0.487. The van der Waals surface area contributed by atoms with E-state index in [1.807, 2.05) is 0 Å². The van der Waals surface area contributed by atoms with Crippen LogP contribution in [-0.2, 0) is 0 Å². The molecular weight excluding hydrogens is 269 g/mol. The van der Waals surface area contributed by atoms with Crippen molar-refractivity contribution >= 4 is 27.9 Å². The summed E-state index contributed by atoms with van der Waals surface area (Å²) in [6, 6.07) is 0. The van der Waals surface area contributed by atoms with Crippen molar-refractivity contribution in [3.05, 3.63) is 0 Å². The Labute approximate surface area is 121 Å². The third-order valence-corrected chi connectivity index (χ3v) is 3.34. The molecule has 1 unspecified atom stereocenters. The summed E-state index contributed by atoms with van der Waals surface area (Å²) in [4.78, 5) is 0. The summed E-state index contributed by atoms with van der Waals surface area (Å²) in [7, 11) is 0. The molecule has 0 bridgehead atoms. The van der Waals surface area contributed by atoms with Crippen molar-refractivity contribution in [1.29, 1.82) is 0 Å². The molecule has 0 heterocycles. The molecule has 0 N–H and O–H groups in total. The van der Waals surface area contributed by atoms with Crippen molar-refractivity contribution in [2.45, 2.75) is 66.9 Å². The van der Waals surface area contributed by atoms with E-state index in [9.17, 15) is 26.3 Å². The van der Waals surface area contributed by atoms with Crippen LogP contribution in [0.2, 0.25) is 0 Å². The molecule has 0 saturated heterocycles. The molecule has 0 spiro atoms. The van der Waals surface area contributed by atoms with Gasteiger partial charge in [0, 0.05) is 0 Å². The Bertz CT molecular complexity index is 211. The Morgan fingerprint density at radius 2 is 1.22 bits per heavy atom. The number of hydrogen-bond acceptors (Lipinski definition) is 0. The Balaban J connectivity index is 3.32. The molecule has 0 rings (SSSR count). The monoisotopic (exact) mass is 286 g/mol. The molecule has 0 aromatic heterocycles. The van der Waals surface area contributed by atoms with Crippen molar-refractivity contribution in [3.8, 4) is 0 Å². The fourth-order valence-corrected chi connectivity index (χ4v) is 1.90. The Morgan fingerprint density at radius 3 is 1.67 bits per heavy atom. The van der Waals surface area contributed by atoms with Crippen LogP contribution in [0.3, 0.4) is 0 Å². The van der Waals surface area contributed by atoms with Crippen LogP contribution in [0.4, 0.5) is 26.3 Å². The van der Waals surface area contributed by atoms with Crippen molar-refractivity contribution in [3.63, 3.8) is 0 Å². The summed E-state index contributed by atoms with van der Waals surface area (Å²) in [6.07, 6.45) is -4.20. The van der Waals surface area contributed by atoms with E-state index >= 15 is 0 Å². The molecule has 1 atom stereocenters. The Kier molecular flexibility index (Phi) is 8.97. The second-order valence-electron chi connectivity index (χ2n) is 4.70. The second-order valence-corrected chi connectivity index (χ2v) is 6.03. The van der Waals surface area contributed by atoms with E-state index in [4.69, 9.17) is 0 Å². The van der Waals surface area contributed by atoms with Gasteiger partial charge in [-0.2, -0.15) is 0 Å². The molecule has 0 aliphatic heterocycles. The van der Waals surface area contributed by atoms with E-state index in [2.05, 4.69) is 0 Å². The second kappa shape index (κ2) is 8.69. The standard InChI is InChI=1S/C11H17F6.Na/c12-9(10(13)14)7-5-3-1-2-4-6-8-11(15,16)17;/h9H,1-8H2;. The molecule has 18 heavy (non-hydrogen) atoms. The Hall–Kier alpha value is 0.580. The topological polar surface area (TPSA) is 0 Å². The number of rotatable bonds is 9. The fourth-order valence-electron chi connectivity index (χ4n) is 1.61. The molecule has 0 fully saturated rings. The van der Waals surface area contributed by atoms with Gasteiger partial charge in [-0.25, -0.2) is 0 Å². The predicted octanol–water partition coefficient (Wildman–Crippen LogP) is 4.77. The summed E-state index contributed by atoms with van der Waals surface area (Å²) in [5.74, 6) is 0. The van der Waals surface area contributed by atoms with Crippen molar-refractivity contribution in [2.24, 2.45) is 0 Å². The van der Waals surface area contributed by atoms with Gasteiger partial charge in [0.1, 0.15) is 0 Å². The van der Waals surface area contributed by atoms with Gasteiger partial charge in [0.15, 0.2) is 0 Å². The summed E-state index contributed by atoms with van der Waals surface area (Å²) in [6.45, 7) is 0.